The van der Waals surface area contributed by atoms with Crippen molar-refractivity contribution >= 4 is 10.9 Å². The Morgan fingerprint density at radius 2 is 2.00 bits per heavy atom. The number of aromatic amines is 1. The minimum atomic E-state index is -0.401. The number of pyridine rings is 1. The van der Waals surface area contributed by atoms with Crippen molar-refractivity contribution in [3.8, 4) is 0 Å². The van der Waals surface area contributed by atoms with Gasteiger partial charge in [0.2, 0.25) is 0 Å². The SMILES string of the molecule is Cc1c(COCCCCCOC2CC2)[nH]c2ccc(F)cc2c1=O. The average molecular weight is 333 g/mol. The summed E-state index contributed by atoms with van der Waals surface area (Å²) in [6.07, 6.45) is 6.10. The number of aromatic nitrogens is 1. The molecule has 24 heavy (non-hydrogen) atoms. The van der Waals surface area contributed by atoms with Crippen LogP contribution in [0.25, 0.3) is 10.9 Å². The van der Waals surface area contributed by atoms with Crippen LogP contribution in [-0.2, 0) is 16.1 Å². The zero-order chi connectivity index (χ0) is 16.9. The van der Waals surface area contributed by atoms with Crippen LogP contribution < -0.4 is 5.43 Å². The molecule has 0 amide bonds. The Morgan fingerprint density at radius 1 is 1.21 bits per heavy atom. The van der Waals surface area contributed by atoms with Gasteiger partial charge in [0, 0.05) is 35.4 Å². The summed E-state index contributed by atoms with van der Waals surface area (Å²) in [6.45, 7) is 3.62. The van der Waals surface area contributed by atoms with E-state index in [1.807, 2.05) is 0 Å². The molecule has 1 aromatic carbocycles. The molecule has 4 nitrogen and oxygen atoms in total. The number of hydrogen-bond acceptors (Lipinski definition) is 3. The standard InChI is InChI=1S/C19H24FNO3/c1-13-18(12-23-9-3-2-4-10-24-15-6-7-15)21-17-8-5-14(20)11-16(17)19(13)22/h5,8,11,15H,2-4,6-7,9-10,12H2,1H3,(H,21,22). The first-order chi connectivity index (χ1) is 11.6. The van der Waals surface area contributed by atoms with E-state index >= 15 is 0 Å². The Hall–Kier alpha value is -1.72. The van der Waals surface area contributed by atoms with E-state index < -0.39 is 5.82 Å². The summed E-state index contributed by atoms with van der Waals surface area (Å²) < 4.78 is 24.6. The fourth-order valence-electron chi connectivity index (χ4n) is 2.69. The number of benzene rings is 1. The molecule has 1 heterocycles. The largest absolute Gasteiger partial charge is 0.378 e. The van der Waals surface area contributed by atoms with Crippen molar-refractivity contribution in [1.29, 1.82) is 0 Å². The predicted octanol–water partition coefficient (Wildman–Crippen LogP) is 3.84. The lowest BCUT2D eigenvalue weighted by Gasteiger charge is -2.09. The minimum Gasteiger partial charge on any atom is -0.378 e. The van der Waals surface area contributed by atoms with Gasteiger partial charge in [-0.2, -0.15) is 0 Å². The van der Waals surface area contributed by atoms with Gasteiger partial charge in [-0.15, -0.1) is 0 Å². The highest BCUT2D eigenvalue weighted by molar-refractivity contribution is 5.79. The van der Waals surface area contributed by atoms with Crippen molar-refractivity contribution in [2.24, 2.45) is 0 Å². The molecule has 1 fully saturated rings. The van der Waals surface area contributed by atoms with Gasteiger partial charge in [0.25, 0.3) is 0 Å². The highest BCUT2D eigenvalue weighted by Crippen LogP contribution is 2.23. The fourth-order valence-corrected chi connectivity index (χ4v) is 2.69. The molecule has 3 rings (SSSR count). The van der Waals surface area contributed by atoms with Crippen LogP contribution in [0.1, 0.15) is 43.4 Å². The Bertz CT molecular complexity index is 752. The van der Waals surface area contributed by atoms with E-state index in [1.165, 1.54) is 25.0 Å². The molecule has 0 spiro atoms. The minimum absolute atomic E-state index is 0.140. The highest BCUT2D eigenvalue weighted by Gasteiger charge is 2.21. The van der Waals surface area contributed by atoms with Crippen LogP contribution in [0.5, 0.6) is 0 Å². The number of hydrogen-bond donors (Lipinski definition) is 1. The van der Waals surface area contributed by atoms with Crippen molar-refractivity contribution < 1.29 is 13.9 Å². The zero-order valence-corrected chi connectivity index (χ0v) is 14.1. The summed E-state index contributed by atoms with van der Waals surface area (Å²) in [6, 6.07) is 4.21. The van der Waals surface area contributed by atoms with E-state index in [0.717, 1.165) is 31.6 Å². The number of nitrogens with one attached hydrogen (secondary N) is 1. The molecule has 2 aromatic rings. The lowest BCUT2D eigenvalue weighted by atomic mass is 10.1. The van der Waals surface area contributed by atoms with Crippen LogP contribution in [0.4, 0.5) is 4.39 Å². The number of halogens is 1. The Morgan fingerprint density at radius 3 is 2.79 bits per heavy atom. The lowest BCUT2D eigenvalue weighted by molar-refractivity contribution is 0.0998. The maximum Gasteiger partial charge on any atom is 0.192 e. The fraction of sp³-hybridized carbons (Fsp3) is 0.526. The molecule has 0 aliphatic heterocycles. The molecular weight excluding hydrogens is 309 g/mol. The predicted molar refractivity (Wildman–Crippen MR) is 91.7 cm³/mol. The molecule has 0 saturated heterocycles. The molecule has 5 heteroatoms. The van der Waals surface area contributed by atoms with Crippen LogP contribution in [0.15, 0.2) is 23.0 Å². The second kappa shape index (κ2) is 7.90. The van der Waals surface area contributed by atoms with E-state index in [1.54, 1.807) is 13.0 Å². The van der Waals surface area contributed by atoms with Crippen LogP contribution in [-0.4, -0.2) is 24.3 Å². The van der Waals surface area contributed by atoms with Crippen molar-refractivity contribution in [1.82, 2.24) is 4.98 Å². The highest BCUT2D eigenvalue weighted by atomic mass is 19.1. The number of rotatable bonds is 9. The van der Waals surface area contributed by atoms with Crippen molar-refractivity contribution in [2.45, 2.75) is 51.7 Å². The monoisotopic (exact) mass is 333 g/mol. The van der Waals surface area contributed by atoms with Crippen LogP contribution in [0.2, 0.25) is 0 Å². The molecule has 1 aliphatic rings. The first-order valence-corrected chi connectivity index (χ1v) is 8.65. The van der Waals surface area contributed by atoms with E-state index in [-0.39, 0.29) is 5.43 Å². The zero-order valence-electron chi connectivity index (χ0n) is 14.1. The normalized spacial score (nSPS) is 14.4. The molecule has 0 atom stereocenters. The first kappa shape index (κ1) is 17.1. The van der Waals surface area contributed by atoms with Crippen molar-refractivity contribution in [3.05, 3.63) is 45.5 Å². The molecule has 0 bridgehead atoms. The topological polar surface area (TPSA) is 51.3 Å². The first-order valence-electron chi connectivity index (χ1n) is 8.65. The van der Waals surface area contributed by atoms with Gasteiger partial charge in [-0.3, -0.25) is 4.79 Å². The summed E-state index contributed by atoms with van der Waals surface area (Å²) in [5.74, 6) is -0.401. The number of ether oxygens (including phenoxy) is 2. The van der Waals surface area contributed by atoms with Crippen molar-refractivity contribution in [3.63, 3.8) is 0 Å². The van der Waals surface area contributed by atoms with Gasteiger partial charge in [0.15, 0.2) is 5.43 Å². The van der Waals surface area contributed by atoms with Gasteiger partial charge in [0.05, 0.1) is 12.7 Å². The van der Waals surface area contributed by atoms with Crippen LogP contribution >= 0.6 is 0 Å². The summed E-state index contributed by atoms with van der Waals surface area (Å²) in [5, 5.41) is 0.381. The van der Waals surface area contributed by atoms with E-state index in [0.29, 0.717) is 35.8 Å². The molecular formula is C19H24FNO3. The maximum absolute atomic E-state index is 13.3. The van der Waals surface area contributed by atoms with Gasteiger partial charge in [-0.05, 0) is 57.2 Å². The van der Waals surface area contributed by atoms with Gasteiger partial charge in [-0.1, -0.05) is 0 Å². The quantitative estimate of drug-likeness (QED) is 0.709. The summed E-state index contributed by atoms with van der Waals surface area (Å²) in [7, 11) is 0. The Labute approximate surface area is 141 Å². The number of unbranched alkanes of at least 4 members (excludes halogenated alkanes) is 2. The summed E-state index contributed by atoms with van der Waals surface area (Å²) >= 11 is 0. The van der Waals surface area contributed by atoms with Crippen molar-refractivity contribution in [2.75, 3.05) is 13.2 Å². The molecule has 1 aliphatic carbocycles. The Kier molecular flexibility index (Phi) is 5.63. The average Bonchev–Trinajstić information content (AvgIpc) is 3.39. The molecule has 1 N–H and O–H groups in total. The smallest absolute Gasteiger partial charge is 0.192 e. The van der Waals surface area contributed by atoms with Gasteiger partial charge >= 0.3 is 0 Å². The van der Waals surface area contributed by atoms with Gasteiger partial charge in [-0.25, -0.2) is 4.39 Å². The second-order valence-corrected chi connectivity index (χ2v) is 6.43. The molecule has 130 valence electrons. The summed E-state index contributed by atoms with van der Waals surface area (Å²) in [5.41, 5.74) is 1.85. The third-order valence-electron chi connectivity index (χ3n) is 4.36. The molecule has 1 aromatic heterocycles. The van der Waals surface area contributed by atoms with E-state index in [9.17, 15) is 9.18 Å². The molecule has 0 unspecified atom stereocenters. The van der Waals surface area contributed by atoms with Gasteiger partial charge in [0.1, 0.15) is 5.82 Å². The Balaban J connectivity index is 1.47. The third-order valence-corrected chi connectivity index (χ3v) is 4.36. The molecule has 0 radical (unpaired) electrons. The maximum atomic E-state index is 13.3. The van der Waals surface area contributed by atoms with Crippen LogP contribution in [0.3, 0.4) is 0 Å². The van der Waals surface area contributed by atoms with Crippen LogP contribution in [0, 0.1) is 12.7 Å². The van der Waals surface area contributed by atoms with E-state index in [4.69, 9.17) is 9.47 Å². The summed E-state index contributed by atoms with van der Waals surface area (Å²) in [4.78, 5) is 15.5. The lowest BCUT2D eigenvalue weighted by Crippen LogP contribution is -2.13. The number of H-pyrrole nitrogens is 1. The third kappa shape index (κ3) is 4.42. The molecule has 1 saturated carbocycles. The second-order valence-electron chi connectivity index (χ2n) is 6.43. The number of fused-ring (bicyclic) bond motifs is 1. The van der Waals surface area contributed by atoms with Gasteiger partial charge < -0.3 is 14.5 Å². The van der Waals surface area contributed by atoms with E-state index in [2.05, 4.69) is 4.98 Å².